The van der Waals surface area contributed by atoms with Gasteiger partial charge in [-0.3, -0.25) is 0 Å². The minimum Gasteiger partial charge on any atom is -0.872 e. The Morgan fingerprint density at radius 3 is 1.09 bits per heavy atom. The standard InChI is InChI=1S/2C15H24O.Ni/c2*1-2-3-4-5-6-7-8-11-14-12-9-10-13-15(14)16;/h2*9-10,12-13,16H,2-8,11H2,1H3;/q;;+2/p-2. The van der Waals surface area contributed by atoms with Crippen LogP contribution in [0.1, 0.15) is 115 Å². The van der Waals surface area contributed by atoms with Gasteiger partial charge in [0.25, 0.3) is 0 Å². The van der Waals surface area contributed by atoms with E-state index in [0.29, 0.717) is 0 Å². The third-order valence-electron chi connectivity index (χ3n) is 6.04. The van der Waals surface area contributed by atoms with Crippen LogP contribution in [0.25, 0.3) is 0 Å². The van der Waals surface area contributed by atoms with Crippen LogP contribution in [0.4, 0.5) is 0 Å². The summed E-state index contributed by atoms with van der Waals surface area (Å²) in [6.45, 7) is 4.48. The van der Waals surface area contributed by atoms with E-state index in [2.05, 4.69) is 13.8 Å². The van der Waals surface area contributed by atoms with Crippen molar-refractivity contribution in [1.82, 2.24) is 0 Å². The van der Waals surface area contributed by atoms with Crippen molar-refractivity contribution >= 4 is 0 Å². The van der Waals surface area contributed by atoms with Crippen molar-refractivity contribution in [3.63, 3.8) is 0 Å². The first-order chi connectivity index (χ1) is 15.7. The van der Waals surface area contributed by atoms with Crippen molar-refractivity contribution < 1.29 is 26.7 Å². The zero-order valence-electron chi connectivity index (χ0n) is 21.1. The Hall–Kier alpha value is -1.47. The zero-order valence-corrected chi connectivity index (χ0v) is 22.1. The van der Waals surface area contributed by atoms with Gasteiger partial charge in [-0.1, -0.05) is 151 Å². The molecule has 0 unspecified atom stereocenters. The fourth-order valence-corrected chi connectivity index (χ4v) is 3.97. The molecule has 0 N–H and O–H groups in total. The maximum atomic E-state index is 11.4. The summed E-state index contributed by atoms with van der Waals surface area (Å²) >= 11 is 0. The molecule has 0 aromatic heterocycles. The summed E-state index contributed by atoms with van der Waals surface area (Å²) in [5, 5.41) is 22.8. The van der Waals surface area contributed by atoms with Gasteiger partial charge in [0.2, 0.25) is 0 Å². The van der Waals surface area contributed by atoms with E-state index in [1.54, 1.807) is 12.1 Å². The van der Waals surface area contributed by atoms with E-state index in [1.807, 2.05) is 36.4 Å². The molecule has 2 nitrogen and oxygen atoms in total. The number of para-hydroxylation sites is 2. The van der Waals surface area contributed by atoms with E-state index in [4.69, 9.17) is 0 Å². The van der Waals surface area contributed by atoms with E-state index >= 15 is 0 Å². The fourth-order valence-electron chi connectivity index (χ4n) is 3.97. The smallest absolute Gasteiger partial charge is 0.872 e. The van der Waals surface area contributed by atoms with E-state index in [0.717, 1.165) is 36.8 Å². The van der Waals surface area contributed by atoms with Gasteiger partial charge in [-0.25, -0.2) is 0 Å². The van der Waals surface area contributed by atoms with E-state index in [1.165, 1.54) is 77.0 Å². The van der Waals surface area contributed by atoms with Gasteiger partial charge < -0.3 is 10.2 Å². The zero-order chi connectivity index (χ0) is 23.3. The van der Waals surface area contributed by atoms with E-state index < -0.39 is 0 Å². The molecule has 0 spiro atoms. The molecule has 3 heteroatoms. The summed E-state index contributed by atoms with van der Waals surface area (Å²) in [4.78, 5) is 0. The van der Waals surface area contributed by atoms with Crippen molar-refractivity contribution in [3.05, 3.63) is 59.7 Å². The van der Waals surface area contributed by atoms with Gasteiger partial charge in [-0.2, -0.15) is 0 Å². The summed E-state index contributed by atoms with van der Waals surface area (Å²) in [5.74, 6) is 0.405. The van der Waals surface area contributed by atoms with Crippen LogP contribution in [-0.4, -0.2) is 0 Å². The summed E-state index contributed by atoms with van der Waals surface area (Å²) in [5.41, 5.74) is 1.96. The molecule has 0 amide bonds. The van der Waals surface area contributed by atoms with Gasteiger partial charge in [-0.05, 0) is 25.7 Å². The molecule has 2 aromatic carbocycles. The van der Waals surface area contributed by atoms with Gasteiger partial charge in [0.1, 0.15) is 0 Å². The molecule has 0 atom stereocenters. The van der Waals surface area contributed by atoms with Crippen molar-refractivity contribution in [2.75, 3.05) is 0 Å². The number of rotatable bonds is 16. The van der Waals surface area contributed by atoms with Crippen LogP contribution >= 0.6 is 0 Å². The van der Waals surface area contributed by atoms with Crippen molar-refractivity contribution in [2.45, 2.75) is 117 Å². The Morgan fingerprint density at radius 1 is 0.455 bits per heavy atom. The van der Waals surface area contributed by atoms with Crippen molar-refractivity contribution in [2.24, 2.45) is 0 Å². The van der Waals surface area contributed by atoms with Crippen LogP contribution in [0.15, 0.2) is 48.5 Å². The molecule has 2 rings (SSSR count). The minimum atomic E-state index is 0. The number of benzene rings is 2. The summed E-state index contributed by atoms with van der Waals surface area (Å²) in [7, 11) is 0. The van der Waals surface area contributed by atoms with Crippen LogP contribution in [0.3, 0.4) is 0 Å². The fraction of sp³-hybridized carbons (Fsp3) is 0.600. The second-order valence-corrected chi connectivity index (χ2v) is 8.96. The van der Waals surface area contributed by atoms with Crippen molar-refractivity contribution in [3.8, 4) is 11.5 Å². The molecule has 0 aliphatic rings. The largest absolute Gasteiger partial charge is 2.00 e. The summed E-state index contributed by atoms with van der Waals surface area (Å²) in [6, 6.07) is 14.8. The average Bonchev–Trinajstić information content (AvgIpc) is 2.80. The molecule has 0 aliphatic heterocycles. The normalized spacial score (nSPS) is 10.2. The third-order valence-corrected chi connectivity index (χ3v) is 6.04. The molecule has 2 aromatic rings. The SMILES string of the molecule is CCCCCCCCCc1ccccc1[O-].CCCCCCCCCc1ccccc1[O-].[Ni+2]. The number of unbranched alkanes of at least 4 members (excludes halogenated alkanes) is 12. The van der Waals surface area contributed by atoms with E-state index in [-0.39, 0.29) is 28.0 Å². The summed E-state index contributed by atoms with van der Waals surface area (Å²) < 4.78 is 0. The molecule has 0 saturated heterocycles. The molecule has 33 heavy (non-hydrogen) atoms. The number of hydrogen-bond donors (Lipinski definition) is 0. The van der Waals surface area contributed by atoms with Crippen LogP contribution in [-0.2, 0) is 29.3 Å². The van der Waals surface area contributed by atoms with Crippen LogP contribution < -0.4 is 10.2 Å². The molecule has 0 fully saturated rings. The molecule has 0 heterocycles. The number of aryl methyl sites for hydroxylation is 2. The van der Waals surface area contributed by atoms with E-state index in [9.17, 15) is 10.2 Å². The molecular weight excluding hydrogens is 451 g/mol. The van der Waals surface area contributed by atoms with Gasteiger partial charge in [-0.15, -0.1) is 11.5 Å². The molecule has 0 saturated carbocycles. The van der Waals surface area contributed by atoms with Gasteiger partial charge in [0, 0.05) is 0 Å². The van der Waals surface area contributed by atoms with Crippen LogP contribution in [0, 0.1) is 0 Å². The topological polar surface area (TPSA) is 46.1 Å². The van der Waals surface area contributed by atoms with Crippen molar-refractivity contribution in [1.29, 1.82) is 0 Å². The summed E-state index contributed by atoms with van der Waals surface area (Å²) in [6.07, 6.45) is 20.2. The second kappa shape index (κ2) is 22.3. The first-order valence-electron chi connectivity index (χ1n) is 13.2. The third kappa shape index (κ3) is 16.7. The first kappa shape index (κ1) is 31.5. The van der Waals surface area contributed by atoms with Gasteiger partial charge >= 0.3 is 16.5 Å². The monoisotopic (exact) mass is 496 g/mol. The van der Waals surface area contributed by atoms with Crippen LogP contribution in [0.5, 0.6) is 11.5 Å². The predicted molar refractivity (Wildman–Crippen MR) is 135 cm³/mol. The molecule has 0 bridgehead atoms. The molecular formula is C30H46NiO2. The van der Waals surface area contributed by atoms with Crippen LogP contribution in [0.2, 0.25) is 0 Å². The minimum absolute atomic E-state index is 0. The Balaban J connectivity index is 0.000000602. The Morgan fingerprint density at radius 2 is 0.758 bits per heavy atom. The molecule has 188 valence electrons. The Labute approximate surface area is 214 Å². The molecule has 0 radical (unpaired) electrons. The second-order valence-electron chi connectivity index (χ2n) is 8.96. The predicted octanol–water partition coefficient (Wildman–Crippen LogP) is 8.10. The van der Waals surface area contributed by atoms with Gasteiger partial charge in [0.05, 0.1) is 0 Å². The maximum absolute atomic E-state index is 11.4. The Bertz CT molecular complexity index is 627. The average molecular weight is 497 g/mol. The Kier molecular flexibility index (Phi) is 21.3. The quantitative estimate of drug-likeness (QED) is 0.174. The molecule has 0 aliphatic carbocycles. The number of hydrogen-bond acceptors (Lipinski definition) is 2. The first-order valence-corrected chi connectivity index (χ1v) is 13.2. The maximum Gasteiger partial charge on any atom is 2.00 e. The van der Waals surface area contributed by atoms with Gasteiger partial charge in [0.15, 0.2) is 0 Å².